The highest BCUT2D eigenvalue weighted by atomic mass is 16.6. The summed E-state index contributed by atoms with van der Waals surface area (Å²) in [5.41, 5.74) is 8.85. The number of benzene rings is 1. The van der Waals surface area contributed by atoms with E-state index in [9.17, 15) is 4.79 Å². The van der Waals surface area contributed by atoms with Crippen LogP contribution in [-0.4, -0.2) is 61.5 Å². The minimum atomic E-state index is -0.546. The molecule has 3 N–H and O–H groups in total. The van der Waals surface area contributed by atoms with Crippen LogP contribution >= 0.6 is 0 Å². The Morgan fingerprint density at radius 1 is 1.24 bits per heavy atom. The number of hydrogen-bond donors (Lipinski definition) is 2. The molecule has 1 saturated heterocycles. The molecule has 3 aromatic heterocycles. The molecule has 10 heteroatoms. The number of nitrogen functional groups attached to an aromatic ring is 1. The number of carbonyl (C=O) groups is 1. The topological polar surface area (TPSA) is 124 Å². The molecule has 10 nitrogen and oxygen atoms in total. The first-order valence-electron chi connectivity index (χ1n) is 11.4. The first-order valence-corrected chi connectivity index (χ1v) is 11.4. The van der Waals surface area contributed by atoms with Crippen molar-refractivity contribution in [2.45, 2.75) is 45.3 Å². The number of likely N-dealkylation sites (tertiary alicyclic amines) is 1. The zero-order chi connectivity index (χ0) is 24.0. The number of nitrogens with zero attached hydrogens (tertiary/aromatic N) is 5. The number of ether oxygens (including phenoxy) is 2. The fourth-order valence-corrected chi connectivity index (χ4v) is 4.45. The first kappa shape index (κ1) is 22.0. The second-order valence-corrected chi connectivity index (χ2v) is 9.61. The average Bonchev–Trinajstić information content (AvgIpc) is 3.39. The Labute approximate surface area is 197 Å². The van der Waals surface area contributed by atoms with E-state index >= 15 is 0 Å². The molecule has 4 aromatic rings. The van der Waals surface area contributed by atoms with Gasteiger partial charge in [0.25, 0.3) is 0 Å². The molecule has 0 unspecified atom stereocenters. The van der Waals surface area contributed by atoms with E-state index in [4.69, 9.17) is 20.3 Å². The van der Waals surface area contributed by atoms with Crippen LogP contribution in [0.3, 0.4) is 0 Å². The van der Waals surface area contributed by atoms with Gasteiger partial charge in [-0.1, -0.05) is 0 Å². The lowest BCUT2D eigenvalue weighted by Crippen LogP contribution is -2.43. The van der Waals surface area contributed by atoms with Crippen LogP contribution in [0.5, 0.6) is 5.75 Å². The van der Waals surface area contributed by atoms with Gasteiger partial charge in [0.2, 0.25) is 0 Å². The molecule has 0 bridgehead atoms. The minimum Gasteiger partial charge on any atom is -0.497 e. The third-order valence-electron chi connectivity index (χ3n) is 6.00. The minimum absolute atomic E-state index is 0.0590. The van der Waals surface area contributed by atoms with E-state index < -0.39 is 5.60 Å². The van der Waals surface area contributed by atoms with Gasteiger partial charge in [0, 0.05) is 24.0 Å². The van der Waals surface area contributed by atoms with Gasteiger partial charge in [-0.05, 0) is 57.9 Å². The summed E-state index contributed by atoms with van der Waals surface area (Å²) in [4.78, 5) is 26.6. The highest BCUT2D eigenvalue weighted by Gasteiger charge is 2.31. The Hall–Kier alpha value is -3.82. The lowest BCUT2D eigenvalue weighted by molar-refractivity contribution is 0.0169. The van der Waals surface area contributed by atoms with Crippen LogP contribution in [0.25, 0.3) is 33.3 Å². The fourth-order valence-electron chi connectivity index (χ4n) is 4.45. The Morgan fingerprint density at radius 2 is 2.06 bits per heavy atom. The van der Waals surface area contributed by atoms with E-state index in [1.807, 2.05) is 49.7 Å². The number of nitrogens with two attached hydrogens (primary N) is 1. The van der Waals surface area contributed by atoms with Gasteiger partial charge in [0.05, 0.1) is 24.2 Å². The van der Waals surface area contributed by atoms with Gasteiger partial charge in [-0.15, -0.1) is 0 Å². The third kappa shape index (κ3) is 4.00. The van der Waals surface area contributed by atoms with Crippen LogP contribution in [0.15, 0.2) is 30.6 Å². The molecule has 1 fully saturated rings. The summed E-state index contributed by atoms with van der Waals surface area (Å²) in [7, 11) is 1.65. The van der Waals surface area contributed by atoms with Crippen LogP contribution in [0.4, 0.5) is 10.6 Å². The molecule has 1 amide bonds. The maximum absolute atomic E-state index is 12.7. The molecule has 34 heavy (non-hydrogen) atoms. The quantitative estimate of drug-likeness (QED) is 0.468. The van der Waals surface area contributed by atoms with E-state index in [1.54, 1.807) is 12.0 Å². The predicted octanol–water partition coefficient (Wildman–Crippen LogP) is 4.14. The summed E-state index contributed by atoms with van der Waals surface area (Å²) >= 11 is 0. The number of amides is 1. The number of methoxy groups -OCH3 is 1. The van der Waals surface area contributed by atoms with Crippen LogP contribution in [0, 0.1) is 0 Å². The van der Waals surface area contributed by atoms with Crippen molar-refractivity contribution >= 4 is 33.8 Å². The summed E-state index contributed by atoms with van der Waals surface area (Å²) in [6.45, 7) is 6.75. The van der Waals surface area contributed by atoms with Crippen molar-refractivity contribution in [3.05, 3.63) is 30.6 Å². The second kappa shape index (κ2) is 8.19. The van der Waals surface area contributed by atoms with Gasteiger partial charge < -0.3 is 25.1 Å². The molecule has 1 aliphatic heterocycles. The molecule has 4 heterocycles. The SMILES string of the molecule is COc1ccc2[nH]c(-c3nn([C@@H]4CCCN(C(=O)OC(C)(C)C)C4)c4ncnc(N)c34)cc2c1. The molecule has 1 atom stereocenters. The van der Waals surface area contributed by atoms with Gasteiger partial charge in [-0.25, -0.2) is 19.4 Å². The van der Waals surface area contributed by atoms with E-state index in [0.29, 0.717) is 35.6 Å². The van der Waals surface area contributed by atoms with Gasteiger partial charge in [-0.3, -0.25) is 0 Å². The number of anilines is 1. The Bertz CT molecular complexity index is 1370. The Balaban J connectivity index is 1.55. The van der Waals surface area contributed by atoms with E-state index in [0.717, 1.165) is 35.2 Å². The van der Waals surface area contributed by atoms with Gasteiger partial charge >= 0.3 is 6.09 Å². The van der Waals surface area contributed by atoms with Gasteiger partial charge in [0.1, 0.15) is 29.2 Å². The standard InChI is InChI=1S/C24H29N7O3/c1-24(2,3)34-23(32)30-9-5-6-15(12-30)31-22-19(21(25)26-13-27-22)20(29-31)18-11-14-10-16(33-4)7-8-17(14)28-18/h7-8,10-11,13,15,28H,5-6,9,12H2,1-4H3,(H2,25,26,27)/t15-/m1/s1. The number of fused-ring (bicyclic) bond motifs is 2. The Morgan fingerprint density at radius 3 is 2.82 bits per heavy atom. The van der Waals surface area contributed by atoms with E-state index in [1.165, 1.54) is 6.33 Å². The average molecular weight is 464 g/mol. The number of piperidine rings is 1. The van der Waals surface area contributed by atoms with Crippen LogP contribution in [-0.2, 0) is 4.74 Å². The third-order valence-corrected chi connectivity index (χ3v) is 6.00. The van der Waals surface area contributed by atoms with Gasteiger partial charge in [0.15, 0.2) is 5.65 Å². The van der Waals surface area contributed by atoms with Gasteiger partial charge in [-0.2, -0.15) is 5.10 Å². The molecular weight excluding hydrogens is 434 g/mol. The van der Waals surface area contributed by atoms with Crippen molar-refractivity contribution in [2.75, 3.05) is 25.9 Å². The smallest absolute Gasteiger partial charge is 0.410 e. The Kier molecular flexibility index (Phi) is 5.30. The van der Waals surface area contributed by atoms with Crippen LogP contribution < -0.4 is 10.5 Å². The van der Waals surface area contributed by atoms with Crippen molar-refractivity contribution in [2.24, 2.45) is 0 Å². The maximum Gasteiger partial charge on any atom is 0.410 e. The fraction of sp³-hybridized carbons (Fsp3) is 0.417. The van der Waals surface area contributed by atoms with E-state index in [-0.39, 0.29) is 12.1 Å². The number of nitrogens with one attached hydrogen (secondary N) is 1. The number of carbonyl (C=O) groups excluding carboxylic acids is 1. The van der Waals surface area contributed by atoms with E-state index in [2.05, 4.69) is 15.0 Å². The molecular formula is C24H29N7O3. The zero-order valence-electron chi connectivity index (χ0n) is 19.8. The molecule has 0 saturated carbocycles. The van der Waals surface area contributed by atoms with Crippen molar-refractivity contribution < 1.29 is 14.3 Å². The molecule has 178 valence electrons. The van der Waals surface area contributed by atoms with Crippen molar-refractivity contribution in [3.63, 3.8) is 0 Å². The second-order valence-electron chi connectivity index (χ2n) is 9.61. The number of aromatic nitrogens is 5. The summed E-state index contributed by atoms with van der Waals surface area (Å²) in [6, 6.07) is 7.80. The molecule has 0 spiro atoms. The molecule has 1 aliphatic rings. The molecule has 0 aliphatic carbocycles. The highest BCUT2D eigenvalue weighted by Crippen LogP contribution is 2.35. The largest absolute Gasteiger partial charge is 0.497 e. The monoisotopic (exact) mass is 463 g/mol. The summed E-state index contributed by atoms with van der Waals surface area (Å²) in [5.74, 6) is 1.14. The molecule has 0 radical (unpaired) electrons. The number of rotatable bonds is 3. The lowest BCUT2D eigenvalue weighted by atomic mass is 10.1. The summed E-state index contributed by atoms with van der Waals surface area (Å²) in [6.07, 6.45) is 2.84. The van der Waals surface area contributed by atoms with Crippen molar-refractivity contribution in [1.29, 1.82) is 0 Å². The molecule has 1 aromatic carbocycles. The van der Waals surface area contributed by atoms with Crippen LogP contribution in [0.1, 0.15) is 39.7 Å². The highest BCUT2D eigenvalue weighted by molar-refractivity contribution is 6.00. The molecule has 5 rings (SSSR count). The number of aromatic amines is 1. The van der Waals surface area contributed by atoms with Crippen molar-refractivity contribution in [3.8, 4) is 17.1 Å². The maximum atomic E-state index is 12.7. The number of H-pyrrole nitrogens is 1. The normalized spacial score (nSPS) is 16.8. The first-order chi connectivity index (χ1) is 16.2. The predicted molar refractivity (Wildman–Crippen MR) is 130 cm³/mol. The lowest BCUT2D eigenvalue weighted by Gasteiger charge is -2.34. The summed E-state index contributed by atoms with van der Waals surface area (Å²) < 4.78 is 12.8. The number of hydrogen-bond acceptors (Lipinski definition) is 7. The summed E-state index contributed by atoms with van der Waals surface area (Å²) in [5, 5.41) is 6.63. The van der Waals surface area contributed by atoms with Crippen molar-refractivity contribution in [1.82, 2.24) is 29.6 Å². The van der Waals surface area contributed by atoms with Crippen LogP contribution in [0.2, 0.25) is 0 Å². The zero-order valence-corrected chi connectivity index (χ0v) is 19.8.